The minimum absolute atomic E-state index is 0.125. The van der Waals surface area contributed by atoms with Crippen molar-refractivity contribution in [3.05, 3.63) is 0 Å². The first-order valence-electron chi connectivity index (χ1n) is 10.0. The van der Waals surface area contributed by atoms with Crippen LogP contribution in [0.15, 0.2) is 0 Å². The molecule has 0 aromatic rings. The summed E-state index contributed by atoms with van der Waals surface area (Å²) in [5, 5.41) is 42.8. The van der Waals surface area contributed by atoms with Crippen LogP contribution in [-0.2, 0) is 14.3 Å². The Kier molecular flexibility index (Phi) is 11.2. The number of nitrogens with one attached hydrogen (secondary N) is 1. The van der Waals surface area contributed by atoms with Crippen molar-refractivity contribution in [3.8, 4) is 0 Å². The summed E-state index contributed by atoms with van der Waals surface area (Å²) in [6.07, 6.45) is -3.92. The van der Waals surface area contributed by atoms with Crippen LogP contribution in [0.4, 0.5) is 0 Å². The van der Waals surface area contributed by atoms with E-state index >= 15 is 0 Å². The van der Waals surface area contributed by atoms with E-state index in [4.69, 9.17) is 4.74 Å². The van der Waals surface area contributed by atoms with Crippen molar-refractivity contribution in [2.75, 3.05) is 13.2 Å². The molecule has 5 N–H and O–H groups in total. The summed E-state index contributed by atoms with van der Waals surface area (Å²) in [4.78, 5) is 24.5. The lowest BCUT2D eigenvalue weighted by Crippen LogP contribution is -2.55. The molecule has 10 heteroatoms. The molecule has 0 saturated heterocycles. The molecule has 0 heterocycles. The number of amides is 1. The van der Waals surface area contributed by atoms with E-state index in [0.717, 1.165) is 19.3 Å². The predicted octanol–water partition coefficient (Wildman–Crippen LogP) is 1.08. The minimum Gasteiger partial charge on any atom is -0.387 e. The molecule has 0 spiro atoms. The number of carbonyl (C=O) groups excluding carboxylic acids is 2. The van der Waals surface area contributed by atoms with Gasteiger partial charge in [-0.2, -0.15) is 0 Å². The molecule has 1 fully saturated rings. The summed E-state index contributed by atoms with van der Waals surface area (Å²) in [6.45, 7) is 5.97. The van der Waals surface area contributed by atoms with Crippen LogP contribution < -0.4 is 5.32 Å². The monoisotopic (exact) mass is 641 g/mol. The van der Waals surface area contributed by atoms with Gasteiger partial charge in [-0.15, -0.1) is 0 Å². The predicted molar refractivity (Wildman–Crippen MR) is 125 cm³/mol. The number of ether oxygens (including phenoxy) is 1. The van der Waals surface area contributed by atoms with Crippen molar-refractivity contribution in [2.45, 2.75) is 84.3 Å². The third-order valence-corrected chi connectivity index (χ3v) is 9.52. The number of halogens is 2. The number of ketones is 1. The molecule has 0 aliphatic heterocycles. The molecule has 0 aromatic heterocycles. The number of rotatable bonds is 14. The fourth-order valence-electron chi connectivity index (χ4n) is 3.07. The molecule has 5 atom stereocenters. The number of aliphatic hydroxyl groups excluding tert-OH is 4. The van der Waals surface area contributed by atoms with E-state index in [-0.39, 0.29) is 16.8 Å². The van der Waals surface area contributed by atoms with Gasteiger partial charge in [-0.3, -0.25) is 9.59 Å². The first kappa shape index (κ1) is 27.4. The van der Waals surface area contributed by atoms with Gasteiger partial charge in [0.05, 0.1) is 10.0 Å². The second-order valence-electron chi connectivity index (χ2n) is 7.46. The van der Waals surface area contributed by atoms with Gasteiger partial charge >= 0.3 is 0 Å². The van der Waals surface area contributed by atoms with Gasteiger partial charge in [0.2, 0.25) is 0 Å². The molecule has 1 amide bonds. The van der Waals surface area contributed by atoms with Gasteiger partial charge in [-0.1, -0.05) is 43.4 Å². The maximum absolute atomic E-state index is 12.4. The fraction of sp³-hybridized carbons (Fsp3) is 0.895. The quantitative estimate of drug-likeness (QED) is 0.109. The van der Waals surface area contributed by atoms with Gasteiger partial charge in [0.1, 0.15) is 21.9 Å². The lowest BCUT2D eigenvalue weighted by molar-refractivity contribution is -0.155. The molecule has 29 heavy (non-hydrogen) atoms. The van der Waals surface area contributed by atoms with Gasteiger partial charge in [0, 0.05) is 6.54 Å². The Morgan fingerprint density at radius 3 is 1.97 bits per heavy atom. The highest BCUT2D eigenvalue weighted by atomic mass is 127. The first-order chi connectivity index (χ1) is 13.5. The molecule has 1 aliphatic rings. The second-order valence-corrected chi connectivity index (χ2v) is 11.4. The summed E-state index contributed by atoms with van der Waals surface area (Å²) in [5.41, 5.74) is 0. The van der Waals surface area contributed by atoms with Gasteiger partial charge in [0.15, 0.2) is 11.9 Å². The van der Waals surface area contributed by atoms with E-state index in [1.807, 2.05) is 29.5 Å². The van der Waals surface area contributed by atoms with Crippen molar-refractivity contribution in [1.82, 2.24) is 5.32 Å². The van der Waals surface area contributed by atoms with E-state index in [1.54, 1.807) is 13.8 Å². The number of hydrogen-bond acceptors (Lipinski definition) is 7. The molecule has 0 aromatic carbocycles. The first-order valence-corrected chi connectivity index (χ1v) is 12.2. The lowest BCUT2D eigenvalue weighted by Gasteiger charge is -2.31. The third kappa shape index (κ3) is 7.21. The maximum Gasteiger partial charge on any atom is 0.251 e. The Morgan fingerprint density at radius 1 is 1.00 bits per heavy atom. The lowest BCUT2D eigenvalue weighted by atomic mass is 9.89. The highest BCUT2D eigenvalue weighted by Gasteiger charge is 2.44. The summed E-state index contributed by atoms with van der Waals surface area (Å²) in [7, 11) is 0. The second kappa shape index (κ2) is 11.9. The molecule has 0 radical (unpaired) electrons. The summed E-state index contributed by atoms with van der Waals surface area (Å²) < 4.78 is 4.71. The summed E-state index contributed by atoms with van der Waals surface area (Å²) in [6, 6.07) is 0. The summed E-state index contributed by atoms with van der Waals surface area (Å²) in [5.74, 6) is -1.04. The molecule has 1 aliphatic carbocycles. The minimum atomic E-state index is -2.00. The zero-order valence-corrected chi connectivity index (χ0v) is 21.4. The molecular weight excluding hydrogens is 608 g/mol. The average Bonchev–Trinajstić information content (AvgIpc) is 3.58. The number of aliphatic hydroxyl groups is 4. The Morgan fingerprint density at radius 2 is 1.52 bits per heavy atom. The molecule has 1 saturated carbocycles. The topological polar surface area (TPSA) is 136 Å². The average molecular weight is 641 g/mol. The Bertz CT molecular complexity index is 557. The standard InChI is InChI=1S/C19H33I2NO7/c1-4-18(20,5-2)16(27)14(25)12(23)13(24)15(26)17(28)22-9-10-29-19(21,6-3)11-7-8-11/h11-15,23-26H,4-10H2,1-3H3,(H,22,28)/t12-,13+,14+,15-,19?/m0/s1. The van der Waals surface area contributed by atoms with Crippen molar-refractivity contribution < 1.29 is 34.8 Å². The number of carbonyl (C=O) groups is 2. The van der Waals surface area contributed by atoms with Crippen LogP contribution in [0.25, 0.3) is 0 Å². The Hall–Kier alpha value is 0.400. The Labute approximate surface area is 199 Å². The molecule has 170 valence electrons. The van der Waals surface area contributed by atoms with Crippen LogP contribution >= 0.6 is 45.2 Å². The SMILES string of the molecule is CCC(I)(CC)C(=O)[C@H](O)[C@@H](O)[C@@H](O)[C@H](O)C(=O)NCCOC(I)(CC)C1CC1. The largest absolute Gasteiger partial charge is 0.387 e. The summed E-state index contributed by atoms with van der Waals surface area (Å²) >= 11 is 4.20. The zero-order chi connectivity index (χ0) is 22.4. The van der Waals surface area contributed by atoms with Crippen LogP contribution in [0.2, 0.25) is 0 Å². The third-order valence-electron chi connectivity index (χ3n) is 5.51. The van der Waals surface area contributed by atoms with Crippen LogP contribution in [-0.4, -0.2) is 76.7 Å². The van der Waals surface area contributed by atoms with E-state index in [9.17, 15) is 30.0 Å². The van der Waals surface area contributed by atoms with Gasteiger partial charge in [0.25, 0.3) is 5.91 Å². The smallest absolute Gasteiger partial charge is 0.251 e. The molecule has 8 nitrogen and oxygen atoms in total. The molecule has 1 unspecified atom stereocenters. The van der Waals surface area contributed by atoms with Gasteiger partial charge in [-0.25, -0.2) is 0 Å². The van der Waals surface area contributed by atoms with E-state index in [1.165, 1.54) is 0 Å². The highest BCUT2D eigenvalue weighted by Crippen LogP contribution is 2.48. The van der Waals surface area contributed by atoms with Gasteiger partial charge < -0.3 is 30.5 Å². The van der Waals surface area contributed by atoms with E-state index < -0.39 is 39.5 Å². The van der Waals surface area contributed by atoms with Crippen LogP contribution in [0, 0.1) is 5.92 Å². The van der Waals surface area contributed by atoms with Crippen LogP contribution in [0.5, 0.6) is 0 Å². The number of alkyl halides is 2. The molecular formula is C19H33I2NO7. The fourth-order valence-corrected chi connectivity index (χ4v) is 4.23. The van der Waals surface area contributed by atoms with Crippen molar-refractivity contribution >= 4 is 56.9 Å². The highest BCUT2D eigenvalue weighted by molar-refractivity contribution is 14.1. The molecule has 1 rings (SSSR count). The number of hydrogen-bond donors (Lipinski definition) is 5. The zero-order valence-electron chi connectivity index (χ0n) is 17.1. The maximum atomic E-state index is 12.4. The van der Waals surface area contributed by atoms with Gasteiger partial charge in [-0.05, 0) is 60.6 Å². The van der Waals surface area contributed by atoms with Crippen LogP contribution in [0.1, 0.15) is 52.9 Å². The number of Topliss-reactive ketones (excluding diaryl/α,β-unsaturated/α-hetero) is 1. The van der Waals surface area contributed by atoms with Crippen molar-refractivity contribution in [1.29, 1.82) is 0 Å². The van der Waals surface area contributed by atoms with Crippen LogP contribution in [0.3, 0.4) is 0 Å². The normalized spacial score (nSPS) is 21.0. The van der Waals surface area contributed by atoms with E-state index in [2.05, 4.69) is 27.9 Å². The molecule has 0 bridgehead atoms. The van der Waals surface area contributed by atoms with Crippen molar-refractivity contribution in [3.63, 3.8) is 0 Å². The van der Waals surface area contributed by atoms with Crippen molar-refractivity contribution in [2.24, 2.45) is 5.92 Å². The van der Waals surface area contributed by atoms with E-state index in [0.29, 0.717) is 18.8 Å². The Balaban J connectivity index is 2.52.